The predicted octanol–water partition coefficient (Wildman–Crippen LogP) is 0.867. The SMILES string of the molecule is CC(C)(C)c1cnc(C(=O)O)nn1. The van der Waals surface area contributed by atoms with Crippen LogP contribution in [0.25, 0.3) is 0 Å². The highest BCUT2D eigenvalue weighted by molar-refractivity contribution is 5.82. The lowest BCUT2D eigenvalue weighted by Crippen LogP contribution is -2.17. The first-order chi connectivity index (χ1) is 5.91. The Kier molecular flexibility index (Phi) is 2.27. The first-order valence-electron chi connectivity index (χ1n) is 3.85. The van der Waals surface area contributed by atoms with Crippen LogP contribution in [0.2, 0.25) is 0 Å². The third kappa shape index (κ3) is 2.21. The highest BCUT2D eigenvalue weighted by Crippen LogP contribution is 2.17. The zero-order valence-electron chi connectivity index (χ0n) is 7.77. The van der Waals surface area contributed by atoms with Crippen LogP contribution in [0.15, 0.2) is 6.20 Å². The number of hydrogen-bond acceptors (Lipinski definition) is 4. The first-order valence-corrected chi connectivity index (χ1v) is 3.85. The third-order valence-electron chi connectivity index (χ3n) is 1.52. The molecule has 0 aliphatic heterocycles. The van der Waals surface area contributed by atoms with Crippen molar-refractivity contribution in [2.24, 2.45) is 0 Å². The molecule has 0 bridgehead atoms. The van der Waals surface area contributed by atoms with Crippen molar-refractivity contribution in [1.29, 1.82) is 0 Å². The Balaban J connectivity index is 3.01. The lowest BCUT2D eigenvalue weighted by molar-refractivity contribution is 0.0681. The summed E-state index contributed by atoms with van der Waals surface area (Å²) in [6, 6.07) is 0. The second-order valence-electron chi connectivity index (χ2n) is 3.72. The average Bonchev–Trinajstić information content (AvgIpc) is 2.03. The largest absolute Gasteiger partial charge is 0.475 e. The van der Waals surface area contributed by atoms with Gasteiger partial charge in [-0.15, -0.1) is 5.10 Å². The van der Waals surface area contributed by atoms with Crippen molar-refractivity contribution < 1.29 is 9.90 Å². The summed E-state index contributed by atoms with van der Waals surface area (Å²) in [6.07, 6.45) is 1.44. The number of aromatic nitrogens is 3. The van der Waals surface area contributed by atoms with Crippen LogP contribution in [0, 0.1) is 0 Å². The van der Waals surface area contributed by atoms with Crippen molar-refractivity contribution in [3.05, 3.63) is 17.7 Å². The van der Waals surface area contributed by atoms with Gasteiger partial charge in [-0.1, -0.05) is 20.8 Å². The number of hydrogen-bond donors (Lipinski definition) is 1. The molecule has 0 radical (unpaired) electrons. The van der Waals surface area contributed by atoms with Crippen molar-refractivity contribution in [3.63, 3.8) is 0 Å². The Morgan fingerprint density at radius 1 is 1.38 bits per heavy atom. The molecule has 1 aromatic heterocycles. The van der Waals surface area contributed by atoms with Crippen molar-refractivity contribution in [3.8, 4) is 0 Å². The normalized spacial score (nSPS) is 11.3. The number of carboxylic acid groups (broad SMARTS) is 1. The van der Waals surface area contributed by atoms with Gasteiger partial charge in [-0.25, -0.2) is 9.78 Å². The quantitative estimate of drug-likeness (QED) is 0.695. The van der Waals surface area contributed by atoms with Crippen LogP contribution in [0.4, 0.5) is 0 Å². The monoisotopic (exact) mass is 181 g/mol. The van der Waals surface area contributed by atoms with Gasteiger partial charge in [0.25, 0.3) is 5.82 Å². The van der Waals surface area contributed by atoms with E-state index in [1.807, 2.05) is 20.8 Å². The fraction of sp³-hybridized carbons (Fsp3) is 0.500. The standard InChI is InChI=1S/C8H11N3O2/c1-8(2,3)5-4-9-6(7(12)13)11-10-5/h4H,1-3H3,(H,12,13). The van der Waals surface area contributed by atoms with Crippen molar-refractivity contribution in [2.75, 3.05) is 0 Å². The molecule has 0 amide bonds. The summed E-state index contributed by atoms with van der Waals surface area (Å²) < 4.78 is 0. The molecule has 0 saturated carbocycles. The molecule has 0 atom stereocenters. The van der Waals surface area contributed by atoms with Gasteiger partial charge in [-0.05, 0) is 0 Å². The maximum atomic E-state index is 10.4. The minimum atomic E-state index is -1.16. The highest BCUT2D eigenvalue weighted by Gasteiger charge is 2.17. The molecule has 13 heavy (non-hydrogen) atoms. The van der Waals surface area contributed by atoms with Gasteiger partial charge in [-0.2, -0.15) is 5.10 Å². The third-order valence-corrected chi connectivity index (χ3v) is 1.52. The molecule has 1 heterocycles. The minimum Gasteiger partial charge on any atom is -0.475 e. The fourth-order valence-electron chi connectivity index (χ4n) is 0.717. The van der Waals surface area contributed by atoms with Crippen molar-refractivity contribution >= 4 is 5.97 Å². The molecule has 1 aromatic rings. The van der Waals surface area contributed by atoms with E-state index < -0.39 is 5.97 Å². The predicted molar refractivity (Wildman–Crippen MR) is 45.5 cm³/mol. The summed E-state index contributed by atoms with van der Waals surface area (Å²) in [7, 11) is 0. The summed E-state index contributed by atoms with van der Waals surface area (Å²) in [6.45, 7) is 5.87. The molecule has 0 saturated heterocycles. The van der Waals surface area contributed by atoms with E-state index in [1.165, 1.54) is 6.20 Å². The van der Waals surface area contributed by atoms with Gasteiger partial charge in [0.05, 0.1) is 11.9 Å². The maximum Gasteiger partial charge on any atom is 0.375 e. The molecule has 5 nitrogen and oxygen atoms in total. The molecule has 0 aliphatic carbocycles. The summed E-state index contributed by atoms with van der Waals surface area (Å²) in [5.74, 6) is -1.43. The Bertz CT molecular complexity index is 313. The Hall–Kier alpha value is -1.52. The van der Waals surface area contributed by atoms with Crippen LogP contribution in [-0.2, 0) is 5.41 Å². The summed E-state index contributed by atoms with van der Waals surface area (Å²) in [5, 5.41) is 15.8. The second kappa shape index (κ2) is 3.08. The number of carbonyl (C=O) groups is 1. The lowest BCUT2D eigenvalue weighted by atomic mass is 9.93. The van der Waals surface area contributed by atoms with E-state index in [9.17, 15) is 4.79 Å². The van der Waals surface area contributed by atoms with Crippen molar-refractivity contribution in [1.82, 2.24) is 15.2 Å². The van der Waals surface area contributed by atoms with E-state index in [0.29, 0.717) is 5.69 Å². The number of aromatic carboxylic acids is 1. The number of carboxylic acids is 1. The maximum absolute atomic E-state index is 10.4. The van der Waals surface area contributed by atoms with E-state index in [-0.39, 0.29) is 11.2 Å². The van der Waals surface area contributed by atoms with Crippen LogP contribution in [0.3, 0.4) is 0 Å². The topological polar surface area (TPSA) is 76.0 Å². The zero-order valence-corrected chi connectivity index (χ0v) is 7.77. The first kappa shape index (κ1) is 9.57. The molecule has 0 spiro atoms. The molecular formula is C8H11N3O2. The van der Waals surface area contributed by atoms with Crippen LogP contribution in [0.5, 0.6) is 0 Å². The fourth-order valence-corrected chi connectivity index (χ4v) is 0.717. The van der Waals surface area contributed by atoms with E-state index in [4.69, 9.17) is 5.11 Å². The molecule has 0 unspecified atom stereocenters. The Labute approximate surface area is 75.8 Å². The molecule has 1 N–H and O–H groups in total. The average molecular weight is 181 g/mol. The molecular weight excluding hydrogens is 170 g/mol. The molecule has 0 fully saturated rings. The van der Waals surface area contributed by atoms with Gasteiger partial charge in [0.1, 0.15) is 0 Å². The Morgan fingerprint density at radius 3 is 2.31 bits per heavy atom. The van der Waals surface area contributed by atoms with E-state index in [2.05, 4.69) is 15.2 Å². The second-order valence-corrected chi connectivity index (χ2v) is 3.72. The van der Waals surface area contributed by atoms with Gasteiger partial charge in [0.2, 0.25) is 0 Å². The summed E-state index contributed by atoms with van der Waals surface area (Å²) >= 11 is 0. The summed E-state index contributed by atoms with van der Waals surface area (Å²) in [4.78, 5) is 14.1. The van der Waals surface area contributed by atoms with Crippen LogP contribution in [-0.4, -0.2) is 26.3 Å². The highest BCUT2D eigenvalue weighted by atomic mass is 16.4. The number of nitrogens with zero attached hydrogens (tertiary/aromatic N) is 3. The van der Waals surface area contributed by atoms with Crippen LogP contribution in [0.1, 0.15) is 37.1 Å². The molecule has 1 rings (SSSR count). The molecule has 70 valence electrons. The van der Waals surface area contributed by atoms with Gasteiger partial charge >= 0.3 is 5.97 Å². The zero-order chi connectivity index (χ0) is 10.1. The molecule has 0 aliphatic rings. The van der Waals surface area contributed by atoms with Crippen LogP contribution < -0.4 is 0 Å². The summed E-state index contributed by atoms with van der Waals surface area (Å²) in [5.41, 5.74) is 0.523. The van der Waals surface area contributed by atoms with Crippen LogP contribution >= 0.6 is 0 Å². The van der Waals surface area contributed by atoms with E-state index in [1.54, 1.807) is 0 Å². The minimum absolute atomic E-state index is 0.156. The molecule has 0 aromatic carbocycles. The van der Waals surface area contributed by atoms with Gasteiger partial charge < -0.3 is 5.11 Å². The molecule has 5 heteroatoms. The smallest absolute Gasteiger partial charge is 0.375 e. The van der Waals surface area contributed by atoms with Gasteiger partial charge in [-0.3, -0.25) is 0 Å². The van der Waals surface area contributed by atoms with E-state index >= 15 is 0 Å². The van der Waals surface area contributed by atoms with Crippen molar-refractivity contribution in [2.45, 2.75) is 26.2 Å². The number of rotatable bonds is 1. The van der Waals surface area contributed by atoms with Gasteiger partial charge in [0.15, 0.2) is 0 Å². The lowest BCUT2D eigenvalue weighted by Gasteiger charge is -2.15. The van der Waals surface area contributed by atoms with E-state index in [0.717, 1.165) is 0 Å². The Morgan fingerprint density at radius 2 is 2.00 bits per heavy atom. The van der Waals surface area contributed by atoms with Gasteiger partial charge in [0, 0.05) is 5.41 Å².